The molecular weight excluding hydrogens is 612 g/mol. The van der Waals surface area contributed by atoms with E-state index in [4.69, 9.17) is 26.2 Å². The van der Waals surface area contributed by atoms with Gasteiger partial charge in [-0.15, -0.1) is 0 Å². The van der Waals surface area contributed by atoms with Gasteiger partial charge < -0.3 is 57.9 Å². The Labute approximate surface area is 254 Å². The number of amides is 5. The Hall–Kier alpha value is -5.34. The first kappa shape index (κ1) is 39.7. The van der Waals surface area contributed by atoms with Crippen molar-refractivity contribution in [3.8, 4) is 0 Å². The van der Waals surface area contributed by atoms with Gasteiger partial charge in [-0.05, 0) is 25.7 Å². The maximum Gasteiger partial charge on any atom is 0.326 e. The monoisotopic (exact) mass is 648 g/mol. The van der Waals surface area contributed by atoms with Crippen LogP contribution >= 0.6 is 0 Å². The van der Waals surface area contributed by atoms with Crippen LogP contribution in [-0.2, 0) is 47.9 Å². The molecule has 0 aliphatic rings. The maximum atomic E-state index is 12.8. The fourth-order valence-electron chi connectivity index (χ4n) is 3.47. The summed E-state index contributed by atoms with van der Waals surface area (Å²) in [7, 11) is 0. The smallest absolute Gasteiger partial charge is 0.326 e. The SMILES string of the molecule is NCC(=O)N[C@@H](CCC(=O)O)C(=O)N[C@@H](CCC(=O)O)C(=O)NCC(=O)N[C@@H](CCC(=O)O)C(=O)N[C@@H](CCC(=O)O)C(=O)O. The van der Waals surface area contributed by atoms with E-state index in [-0.39, 0.29) is 0 Å². The number of nitrogens with two attached hydrogens (primary N) is 1. The highest BCUT2D eigenvalue weighted by Crippen LogP contribution is 2.05. The van der Waals surface area contributed by atoms with Crippen molar-refractivity contribution < 1.29 is 73.5 Å². The van der Waals surface area contributed by atoms with Crippen LogP contribution in [0, 0.1) is 0 Å². The normalized spacial score (nSPS) is 13.1. The molecule has 0 radical (unpaired) electrons. The van der Waals surface area contributed by atoms with Gasteiger partial charge in [0.05, 0.1) is 13.1 Å². The van der Waals surface area contributed by atoms with Gasteiger partial charge in [-0.25, -0.2) is 4.79 Å². The van der Waals surface area contributed by atoms with Crippen molar-refractivity contribution in [2.75, 3.05) is 13.1 Å². The Kier molecular flexibility index (Phi) is 18.1. The quantitative estimate of drug-likeness (QED) is 0.0497. The van der Waals surface area contributed by atoms with E-state index in [2.05, 4.69) is 21.3 Å². The van der Waals surface area contributed by atoms with Crippen molar-refractivity contribution in [1.82, 2.24) is 26.6 Å². The Morgan fingerprint density at radius 3 is 1.16 bits per heavy atom. The summed E-state index contributed by atoms with van der Waals surface area (Å²) < 4.78 is 0. The minimum atomic E-state index is -1.69. The second kappa shape index (κ2) is 20.5. The standard InChI is InChI=1S/C24H36N6O15/c25-9-15(31)27-12(2-6-18(35)36)22(42)29-11(1-5-17(33)34)21(41)26-10-16(32)28-13(3-7-19(37)38)23(43)30-14(24(44)45)4-8-20(39)40/h11-14H,1-10,25H2,(H,26,41)(H,27,31)(H,28,32)(H,29,42)(H,30,43)(H,33,34)(H,35,36)(H,37,38)(H,39,40)(H,44,45)/t11-,12-,13-,14-/m0/s1. The lowest BCUT2D eigenvalue weighted by molar-refractivity contribution is -0.144. The third-order valence-electron chi connectivity index (χ3n) is 5.75. The van der Waals surface area contributed by atoms with Gasteiger partial charge in [0, 0.05) is 25.7 Å². The average Bonchev–Trinajstić information content (AvgIpc) is 2.95. The van der Waals surface area contributed by atoms with Crippen molar-refractivity contribution >= 4 is 59.4 Å². The highest BCUT2D eigenvalue weighted by molar-refractivity contribution is 5.95. The van der Waals surface area contributed by atoms with Crippen LogP contribution in [0.2, 0.25) is 0 Å². The molecule has 21 heteroatoms. The van der Waals surface area contributed by atoms with E-state index < -0.39 is 148 Å². The molecule has 0 spiro atoms. The molecule has 0 aromatic carbocycles. The molecule has 5 amide bonds. The summed E-state index contributed by atoms with van der Waals surface area (Å²) in [6.45, 7) is -1.46. The first-order chi connectivity index (χ1) is 21.0. The lowest BCUT2D eigenvalue weighted by atomic mass is 10.1. The molecule has 0 bridgehead atoms. The molecule has 0 rings (SSSR count). The molecule has 0 unspecified atom stereocenters. The number of carboxylic acids is 5. The molecule has 0 aliphatic heterocycles. The third-order valence-corrected chi connectivity index (χ3v) is 5.75. The Balaban J connectivity index is 5.61. The zero-order chi connectivity index (χ0) is 34.7. The van der Waals surface area contributed by atoms with E-state index in [1.165, 1.54) is 0 Å². The van der Waals surface area contributed by atoms with E-state index in [1.807, 2.05) is 5.32 Å². The van der Waals surface area contributed by atoms with Crippen molar-refractivity contribution in [2.24, 2.45) is 5.73 Å². The molecular formula is C24H36N6O15. The first-order valence-electron chi connectivity index (χ1n) is 13.2. The molecule has 0 saturated carbocycles. The van der Waals surface area contributed by atoms with E-state index >= 15 is 0 Å². The highest BCUT2D eigenvalue weighted by Gasteiger charge is 2.30. The van der Waals surface area contributed by atoms with Crippen LogP contribution in [0.3, 0.4) is 0 Å². The number of nitrogens with one attached hydrogen (secondary N) is 5. The summed E-state index contributed by atoms with van der Waals surface area (Å²) in [5, 5.41) is 55.4. The van der Waals surface area contributed by atoms with Gasteiger partial charge in [0.25, 0.3) is 0 Å². The van der Waals surface area contributed by atoms with Crippen LogP contribution in [0.15, 0.2) is 0 Å². The topological polar surface area (TPSA) is 358 Å². The van der Waals surface area contributed by atoms with Gasteiger partial charge in [0.1, 0.15) is 24.2 Å². The number of carbonyl (C=O) groups excluding carboxylic acids is 5. The van der Waals surface area contributed by atoms with Gasteiger partial charge in [0.15, 0.2) is 0 Å². The van der Waals surface area contributed by atoms with Crippen LogP contribution in [0.1, 0.15) is 51.4 Å². The van der Waals surface area contributed by atoms with Crippen molar-refractivity contribution in [2.45, 2.75) is 75.5 Å². The van der Waals surface area contributed by atoms with Crippen LogP contribution < -0.4 is 32.3 Å². The largest absolute Gasteiger partial charge is 0.481 e. The van der Waals surface area contributed by atoms with Crippen molar-refractivity contribution in [3.63, 3.8) is 0 Å². The van der Waals surface area contributed by atoms with Crippen molar-refractivity contribution in [1.29, 1.82) is 0 Å². The predicted octanol–water partition coefficient (Wildman–Crippen LogP) is -4.46. The second-order valence-electron chi connectivity index (χ2n) is 9.35. The second-order valence-corrected chi connectivity index (χ2v) is 9.35. The minimum absolute atomic E-state index is 0.415. The number of rotatable bonds is 23. The average molecular weight is 649 g/mol. The fourth-order valence-corrected chi connectivity index (χ4v) is 3.47. The molecule has 12 N–H and O–H groups in total. The van der Waals surface area contributed by atoms with Crippen LogP contribution in [0.25, 0.3) is 0 Å². The summed E-state index contributed by atoms with van der Waals surface area (Å²) in [5.74, 6) is -12.2. The van der Waals surface area contributed by atoms with E-state index in [9.17, 15) is 53.1 Å². The number of carboxylic acid groups (broad SMARTS) is 5. The minimum Gasteiger partial charge on any atom is -0.481 e. The Bertz CT molecular complexity index is 1140. The first-order valence-corrected chi connectivity index (χ1v) is 13.2. The summed E-state index contributed by atoms with van der Waals surface area (Å²) in [6, 6.07) is -6.41. The number of carbonyl (C=O) groups is 10. The summed E-state index contributed by atoms with van der Waals surface area (Å²) in [5.41, 5.74) is 5.19. The number of hydrogen-bond acceptors (Lipinski definition) is 11. The van der Waals surface area contributed by atoms with E-state index in [1.54, 1.807) is 0 Å². The van der Waals surface area contributed by atoms with Gasteiger partial charge in [-0.3, -0.25) is 43.2 Å². The van der Waals surface area contributed by atoms with Crippen LogP contribution in [0.5, 0.6) is 0 Å². The molecule has 0 aliphatic carbocycles. The molecule has 21 nitrogen and oxygen atoms in total. The zero-order valence-electron chi connectivity index (χ0n) is 23.8. The van der Waals surface area contributed by atoms with Crippen LogP contribution in [-0.4, -0.2) is 122 Å². The van der Waals surface area contributed by atoms with E-state index in [0.717, 1.165) is 0 Å². The molecule has 0 aromatic heterocycles. The van der Waals surface area contributed by atoms with Crippen molar-refractivity contribution in [3.05, 3.63) is 0 Å². The highest BCUT2D eigenvalue weighted by atomic mass is 16.4. The molecule has 0 saturated heterocycles. The maximum absolute atomic E-state index is 12.8. The van der Waals surface area contributed by atoms with E-state index in [0.29, 0.717) is 0 Å². The zero-order valence-corrected chi connectivity index (χ0v) is 23.8. The lowest BCUT2D eigenvalue weighted by Crippen LogP contribution is -2.56. The van der Waals surface area contributed by atoms with Gasteiger partial charge >= 0.3 is 29.8 Å². The molecule has 45 heavy (non-hydrogen) atoms. The molecule has 0 heterocycles. The predicted molar refractivity (Wildman–Crippen MR) is 145 cm³/mol. The summed E-state index contributed by atoms with van der Waals surface area (Å²) >= 11 is 0. The van der Waals surface area contributed by atoms with Gasteiger partial charge in [-0.2, -0.15) is 0 Å². The van der Waals surface area contributed by atoms with Gasteiger partial charge in [-0.1, -0.05) is 0 Å². The number of aliphatic carboxylic acids is 5. The Morgan fingerprint density at radius 2 is 0.800 bits per heavy atom. The number of hydrogen-bond donors (Lipinski definition) is 11. The summed E-state index contributed by atoms with van der Waals surface area (Å²) in [4.78, 5) is 118. The molecule has 4 atom stereocenters. The lowest BCUT2D eigenvalue weighted by Gasteiger charge is -2.23. The van der Waals surface area contributed by atoms with Gasteiger partial charge in [0.2, 0.25) is 29.5 Å². The molecule has 252 valence electrons. The molecule has 0 fully saturated rings. The Morgan fingerprint density at radius 1 is 0.467 bits per heavy atom. The fraction of sp³-hybridized carbons (Fsp3) is 0.583. The summed E-state index contributed by atoms with van der Waals surface area (Å²) in [6.07, 6.45) is -4.50. The van der Waals surface area contributed by atoms with Crippen LogP contribution in [0.4, 0.5) is 0 Å². The third kappa shape index (κ3) is 18.0. The molecule has 0 aromatic rings.